The molecule has 4 rings (SSSR count). The Bertz CT molecular complexity index is 933. The zero-order valence-corrected chi connectivity index (χ0v) is 17.2. The van der Waals surface area contributed by atoms with Crippen LogP contribution in [-0.4, -0.2) is 37.9 Å². The smallest absolute Gasteiger partial charge is 0.233 e. The van der Waals surface area contributed by atoms with Gasteiger partial charge in [-0.25, -0.2) is 0 Å². The summed E-state index contributed by atoms with van der Waals surface area (Å²) in [6.45, 7) is 4.94. The zero-order valence-electron chi connectivity index (χ0n) is 15.5. The van der Waals surface area contributed by atoms with E-state index in [2.05, 4.69) is 39.5 Å². The molecule has 1 aromatic carbocycles. The minimum Gasteiger partial charge on any atom is -0.333 e. The van der Waals surface area contributed by atoms with Crippen molar-refractivity contribution in [2.45, 2.75) is 30.5 Å². The Morgan fingerprint density at radius 3 is 2.75 bits per heavy atom. The predicted molar refractivity (Wildman–Crippen MR) is 114 cm³/mol. The molecule has 3 aromatic rings. The third kappa shape index (κ3) is 4.36. The number of carbonyl (C=O) groups excluding carboxylic acids is 1. The summed E-state index contributed by atoms with van der Waals surface area (Å²) in [7, 11) is 0. The molecule has 7 heteroatoms. The highest BCUT2D eigenvalue weighted by Gasteiger charge is 2.31. The SMILES string of the molecule is C=CCN(Cc1cccs1)C(=O)CSc1nnc(C2CC2)n1-c1ccccc1. The van der Waals surface area contributed by atoms with Gasteiger partial charge in [0.1, 0.15) is 5.82 Å². The molecular weight excluding hydrogens is 388 g/mol. The molecule has 2 aromatic heterocycles. The van der Waals surface area contributed by atoms with E-state index in [0.29, 0.717) is 24.8 Å². The molecule has 1 fully saturated rings. The first-order valence-electron chi connectivity index (χ1n) is 9.31. The lowest BCUT2D eigenvalue weighted by molar-refractivity contribution is -0.128. The van der Waals surface area contributed by atoms with Gasteiger partial charge in [0.15, 0.2) is 5.16 Å². The monoisotopic (exact) mass is 410 g/mol. The molecule has 5 nitrogen and oxygen atoms in total. The lowest BCUT2D eigenvalue weighted by atomic mass is 10.3. The Hall–Kier alpha value is -2.38. The van der Waals surface area contributed by atoms with Gasteiger partial charge in [0.2, 0.25) is 5.91 Å². The van der Waals surface area contributed by atoms with E-state index in [1.165, 1.54) is 16.6 Å². The van der Waals surface area contributed by atoms with E-state index in [0.717, 1.165) is 29.5 Å². The average Bonchev–Trinajstić information content (AvgIpc) is 3.26. The first-order valence-corrected chi connectivity index (χ1v) is 11.2. The highest BCUT2D eigenvalue weighted by Crippen LogP contribution is 2.41. The van der Waals surface area contributed by atoms with Crippen LogP contribution in [0.1, 0.15) is 29.5 Å². The normalized spacial score (nSPS) is 13.4. The van der Waals surface area contributed by atoms with Crippen LogP contribution >= 0.6 is 23.1 Å². The predicted octanol–water partition coefficient (Wildman–Crippen LogP) is 4.51. The number of hydrogen-bond donors (Lipinski definition) is 0. The fourth-order valence-corrected chi connectivity index (χ4v) is 4.60. The Labute approximate surface area is 173 Å². The van der Waals surface area contributed by atoms with Crippen LogP contribution in [0.2, 0.25) is 0 Å². The number of thiophene rings is 1. The van der Waals surface area contributed by atoms with Gasteiger partial charge >= 0.3 is 0 Å². The highest BCUT2D eigenvalue weighted by atomic mass is 32.2. The van der Waals surface area contributed by atoms with Crippen LogP contribution in [0, 0.1) is 0 Å². The number of benzene rings is 1. The molecule has 1 aliphatic rings. The van der Waals surface area contributed by atoms with Crippen molar-refractivity contribution in [1.29, 1.82) is 0 Å². The third-order valence-corrected chi connectivity index (χ3v) is 6.34. The summed E-state index contributed by atoms with van der Waals surface area (Å²) in [5.74, 6) is 1.89. The maximum atomic E-state index is 12.8. The number of aromatic nitrogens is 3. The van der Waals surface area contributed by atoms with Crippen LogP contribution in [0.15, 0.2) is 65.7 Å². The molecule has 1 aliphatic carbocycles. The summed E-state index contributed by atoms with van der Waals surface area (Å²) in [6.07, 6.45) is 4.08. The Balaban J connectivity index is 1.49. The second kappa shape index (κ2) is 8.75. The van der Waals surface area contributed by atoms with Crippen molar-refractivity contribution >= 4 is 29.0 Å². The summed E-state index contributed by atoms with van der Waals surface area (Å²) in [6, 6.07) is 14.2. The third-order valence-electron chi connectivity index (χ3n) is 4.57. The van der Waals surface area contributed by atoms with Gasteiger partial charge < -0.3 is 4.90 Å². The van der Waals surface area contributed by atoms with Crippen LogP contribution in [0.5, 0.6) is 0 Å². The molecule has 1 saturated carbocycles. The van der Waals surface area contributed by atoms with Gasteiger partial charge in [-0.3, -0.25) is 9.36 Å². The standard InChI is InChI=1S/C21H22N4OS2/c1-2-12-24(14-18-9-6-13-27-18)19(26)15-28-21-23-22-20(16-10-11-16)25(21)17-7-4-3-5-8-17/h2-9,13,16H,1,10-12,14-15H2. The summed E-state index contributed by atoms with van der Waals surface area (Å²) in [5.41, 5.74) is 1.05. The van der Waals surface area contributed by atoms with Crippen molar-refractivity contribution in [1.82, 2.24) is 19.7 Å². The van der Waals surface area contributed by atoms with Crippen LogP contribution in [0.4, 0.5) is 0 Å². The molecule has 0 radical (unpaired) electrons. The lowest BCUT2D eigenvalue weighted by Gasteiger charge is -2.20. The van der Waals surface area contributed by atoms with Crippen molar-refractivity contribution in [3.63, 3.8) is 0 Å². The van der Waals surface area contributed by atoms with Gasteiger partial charge in [-0.15, -0.1) is 28.1 Å². The summed E-state index contributed by atoms with van der Waals surface area (Å²) in [5, 5.41) is 11.6. The molecule has 0 unspecified atom stereocenters. The van der Waals surface area contributed by atoms with E-state index in [4.69, 9.17) is 0 Å². The van der Waals surface area contributed by atoms with E-state index in [1.807, 2.05) is 34.5 Å². The maximum absolute atomic E-state index is 12.8. The molecular formula is C21H22N4OS2. The van der Waals surface area contributed by atoms with Crippen molar-refractivity contribution in [2.75, 3.05) is 12.3 Å². The summed E-state index contributed by atoms with van der Waals surface area (Å²) >= 11 is 3.11. The van der Waals surface area contributed by atoms with E-state index in [9.17, 15) is 4.79 Å². The number of nitrogens with zero attached hydrogens (tertiary/aromatic N) is 4. The molecule has 0 spiro atoms. The molecule has 0 aliphatic heterocycles. The fraction of sp³-hybridized carbons (Fsp3) is 0.286. The largest absolute Gasteiger partial charge is 0.333 e. The maximum Gasteiger partial charge on any atom is 0.233 e. The Morgan fingerprint density at radius 2 is 2.07 bits per heavy atom. The number of para-hydroxylation sites is 1. The Kier molecular flexibility index (Phi) is 5.92. The van der Waals surface area contributed by atoms with Crippen LogP contribution in [0.25, 0.3) is 5.69 Å². The molecule has 144 valence electrons. The van der Waals surface area contributed by atoms with Crippen molar-refractivity contribution in [3.05, 3.63) is 71.2 Å². The minimum absolute atomic E-state index is 0.0777. The fourth-order valence-electron chi connectivity index (χ4n) is 3.02. The first kappa shape index (κ1) is 19.0. The highest BCUT2D eigenvalue weighted by molar-refractivity contribution is 7.99. The number of hydrogen-bond acceptors (Lipinski definition) is 5. The van der Waals surface area contributed by atoms with E-state index < -0.39 is 0 Å². The number of carbonyl (C=O) groups is 1. The van der Waals surface area contributed by atoms with Crippen molar-refractivity contribution < 1.29 is 4.79 Å². The molecule has 0 saturated heterocycles. The topological polar surface area (TPSA) is 51.0 Å². The molecule has 28 heavy (non-hydrogen) atoms. The van der Waals surface area contributed by atoms with E-state index >= 15 is 0 Å². The Morgan fingerprint density at radius 1 is 1.25 bits per heavy atom. The zero-order chi connectivity index (χ0) is 19.3. The molecule has 0 atom stereocenters. The molecule has 2 heterocycles. The van der Waals surface area contributed by atoms with E-state index in [-0.39, 0.29) is 5.91 Å². The van der Waals surface area contributed by atoms with Crippen LogP contribution in [0.3, 0.4) is 0 Å². The molecule has 0 N–H and O–H groups in total. The summed E-state index contributed by atoms with van der Waals surface area (Å²) in [4.78, 5) is 15.8. The van der Waals surface area contributed by atoms with E-state index in [1.54, 1.807) is 17.4 Å². The van der Waals surface area contributed by atoms with Crippen LogP contribution in [-0.2, 0) is 11.3 Å². The minimum atomic E-state index is 0.0777. The van der Waals surface area contributed by atoms with Gasteiger partial charge in [-0.05, 0) is 36.4 Å². The van der Waals surface area contributed by atoms with Crippen LogP contribution < -0.4 is 0 Å². The number of amides is 1. The van der Waals surface area contributed by atoms with Gasteiger partial charge in [0.25, 0.3) is 0 Å². The van der Waals surface area contributed by atoms with Crippen molar-refractivity contribution in [2.24, 2.45) is 0 Å². The average molecular weight is 411 g/mol. The number of thioether (sulfide) groups is 1. The first-order chi connectivity index (χ1) is 13.8. The van der Waals surface area contributed by atoms with Gasteiger partial charge in [0, 0.05) is 23.0 Å². The molecule has 0 bridgehead atoms. The second-order valence-corrected chi connectivity index (χ2v) is 8.69. The second-order valence-electron chi connectivity index (χ2n) is 6.72. The van der Waals surface area contributed by atoms with Crippen molar-refractivity contribution in [3.8, 4) is 5.69 Å². The quantitative estimate of drug-likeness (QED) is 0.385. The number of rotatable bonds is 9. The van der Waals surface area contributed by atoms with Gasteiger partial charge in [-0.2, -0.15) is 0 Å². The summed E-state index contributed by atoms with van der Waals surface area (Å²) < 4.78 is 2.10. The molecule has 1 amide bonds. The van der Waals surface area contributed by atoms with Gasteiger partial charge in [0.05, 0.1) is 12.3 Å². The lowest BCUT2D eigenvalue weighted by Crippen LogP contribution is -2.31. The van der Waals surface area contributed by atoms with Gasteiger partial charge in [-0.1, -0.05) is 42.1 Å².